The van der Waals surface area contributed by atoms with Gasteiger partial charge in [-0.3, -0.25) is 0 Å². The van der Waals surface area contributed by atoms with Crippen LogP contribution in [0.5, 0.6) is 0 Å². The molecule has 90 valence electrons. The number of para-hydroxylation sites is 1. The Morgan fingerprint density at radius 3 is 2.71 bits per heavy atom. The smallest absolute Gasteiger partial charge is 0.149 e. The summed E-state index contributed by atoms with van der Waals surface area (Å²) >= 11 is 5.90. The van der Waals surface area contributed by atoms with E-state index in [1.165, 1.54) is 16.9 Å². The average molecular weight is 255 g/mol. The largest absolute Gasteiger partial charge is 0.389 e. The van der Waals surface area contributed by atoms with Crippen molar-refractivity contribution < 1.29 is 9.50 Å². The van der Waals surface area contributed by atoms with Crippen LogP contribution < -0.4 is 0 Å². The van der Waals surface area contributed by atoms with Crippen LogP contribution in [0.2, 0.25) is 5.02 Å². The molecule has 1 aromatic heterocycles. The summed E-state index contributed by atoms with van der Waals surface area (Å²) in [6.45, 7) is 3.32. The molecule has 1 unspecified atom stereocenters. The zero-order chi connectivity index (χ0) is 12.6. The Balaban J connectivity index is 2.65. The lowest BCUT2D eigenvalue weighted by Gasteiger charge is -2.12. The summed E-state index contributed by atoms with van der Waals surface area (Å²) in [5, 5.41) is 14.2. The number of aliphatic hydroxyl groups is 1. The van der Waals surface area contributed by atoms with E-state index in [-0.39, 0.29) is 5.69 Å². The van der Waals surface area contributed by atoms with E-state index in [1.54, 1.807) is 26.0 Å². The molecule has 1 atom stereocenters. The highest BCUT2D eigenvalue weighted by molar-refractivity contribution is 6.31. The molecule has 0 spiro atoms. The third-order valence-corrected chi connectivity index (χ3v) is 2.91. The first kappa shape index (κ1) is 12.1. The fraction of sp³-hybridized carbons (Fsp3) is 0.250. The van der Waals surface area contributed by atoms with E-state index in [0.717, 1.165) is 0 Å². The van der Waals surface area contributed by atoms with Crippen LogP contribution in [-0.4, -0.2) is 14.9 Å². The quantitative estimate of drug-likeness (QED) is 0.895. The monoisotopic (exact) mass is 254 g/mol. The fourth-order valence-electron chi connectivity index (χ4n) is 1.66. The number of rotatable bonds is 2. The third kappa shape index (κ3) is 2.18. The minimum absolute atomic E-state index is 0.234. The molecule has 0 saturated carbocycles. The molecule has 2 rings (SSSR count). The maximum atomic E-state index is 13.8. The molecule has 0 amide bonds. The predicted molar refractivity (Wildman–Crippen MR) is 63.9 cm³/mol. The van der Waals surface area contributed by atoms with Crippen LogP contribution in [0.1, 0.15) is 24.3 Å². The molecule has 0 fully saturated rings. The van der Waals surface area contributed by atoms with Crippen molar-refractivity contribution in [1.82, 2.24) is 9.78 Å². The topological polar surface area (TPSA) is 38.0 Å². The van der Waals surface area contributed by atoms with Gasteiger partial charge in [0.1, 0.15) is 11.5 Å². The molecule has 0 aliphatic heterocycles. The molecule has 0 aliphatic rings. The van der Waals surface area contributed by atoms with Crippen LogP contribution in [0.15, 0.2) is 24.4 Å². The number of aromatic nitrogens is 2. The van der Waals surface area contributed by atoms with Gasteiger partial charge in [-0.15, -0.1) is 0 Å². The summed E-state index contributed by atoms with van der Waals surface area (Å²) in [6.07, 6.45) is 0.755. The molecule has 1 aromatic carbocycles. The van der Waals surface area contributed by atoms with Crippen LogP contribution in [0, 0.1) is 12.7 Å². The van der Waals surface area contributed by atoms with Crippen molar-refractivity contribution in [1.29, 1.82) is 0 Å². The zero-order valence-electron chi connectivity index (χ0n) is 9.48. The first-order valence-corrected chi connectivity index (χ1v) is 5.57. The van der Waals surface area contributed by atoms with Crippen LogP contribution in [0.4, 0.5) is 4.39 Å². The van der Waals surface area contributed by atoms with Crippen molar-refractivity contribution in [2.75, 3.05) is 0 Å². The second-order valence-electron chi connectivity index (χ2n) is 3.86. The second-order valence-corrected chi connectivity index (χ2v) is 4.27. The molecular formula is C12H12ClFN2O. The Hall–Kier alpha value is -1.39. The van der Waals surface area contributed by atoms with E-state index >= 15 is 0 Å². The zero-order valence-corrected chi connectivity index (χ0v) is 10.2. The van der Waals surface area contributed by atoms with E-state index < -0.39 is 11.9 Å². The van der Waals surface area contributed by atoms with E-state index in [4.69, 9.17) is 11.6 Å². The SMILES string of the molecule is Cc1nn(-c2c(F)cccc2C(C)O)cc1Cl. The third-order valence-electron chi connectivity index (χ3n) is 2.54. The Labute approximate surface area is 103 Å². The average Bonchev–Trinajstić information content (AvgIpc) is 2.58. The molecule has 0 bridgehead atoms. The molecule has 5 heteroatoms. The van der Waals surface area contributed by atoms with Gasteiger partial charge in [0, 0.05) is 11.8 Å². The van der Waals surface area contributed by atoms with Gasteiger partial charge in [-0.25, -0.2) is 9.07 Å². The molecular weight excluding hydrogens is 243 g/mol. The molecule has 3 nitrogen and oxygen atoms in total. The fourth-order valence-corrected chi connectivity index (χ4v) is 1.79. The highest BCUT2D eigenvalue weighted by Crippen LogP contribution is 2.25. The van der Waals surface area contributed by atoms with E-state index in [0.29, 0.717) is 16.3 Å². The highest BCUT2D eigenvalue weighted by atomic mass is 35.5. The lowest BCUT2D eigenvalue weighted by Crippen LogP contribution is -2.06. The van der Waals surface area contributed by atoms with Crippen molar-refractivity contribution in [2.45, 2.75) is 20.0 Å². The van der Waals surface area contributed by atoms with Crippen molar-refractivity contribution in [2.24, 2.45) is 0 Å². The summed E-state index contributed by atoms with van der Waals surface area (Å²) in [7, 11) is 0. The molecule has 1 heterocycles. The van der Waals surface area contributed by atoms with Crippen LogP contribution in [0.25, 0.3) is 5.69 Å². The number of hydrogen-bond donors (Lipinski definition) is 1. The van der Waals surface area contributed by atoms with E-state index in [9.17, 15) is 9.50 Å². The molecule has 0 radical (unpaired) electrons. The van der Waals surface area contributed by atoms with Gasteiger partial charge in [0.25, 0.3) is 0 Å². The number of hydrogen-bond acceptors (Lipinski definition) is 2. The molecule has 2 aromatic rings. The van der Waals surface area contributed by atoms with E-state index in [2.05, 4.69) is 5.10 Å². The lowest BCUT2D eigenvalue weighted by atomic mass is 10.1. The summed E-state index contributed by atoms with van der Waals surface area (Å²) < 4.78 is 15.2. The number of aliphatic hydroxyl groups excluding tert-OH is 1. The summed E-state index contributed by atoms with van der Waals surface area (Å²) in [4.78, 5) is 0. The molecule has 0 saturated heterocycles. The predicted octanol–water partition coefficient (Wildman–Crippen LogP) is 3.03. The number of halogens is 2. The Morgan fingerprint density at radius 2 is 2.18 bits per heavy atom. The maximum Gasteiger partial charge on any atom is 0.149 e. The van der Waals surface area contributed by atoms with Gasteiger partial charge in [-0.2, -0.15) is 5.10 Å². The summed E-state index contributed by atoms with van der Waals surface area (Å²) in [5.41, 5.74) is 1.33. The number of nitrogens with zero attached hydrogens (tertiary/aromatic N) is 2. The van der Waals surface area contributed by atoms with Gasteiger partial charge >= 0.3 is 0 Å². The number of aryl methyl sites for hydroxylation is 1. The first-order chi connectivity index (χ1) is 8.00. The van der Waals surface area contributed by atoms with Gasteiger partial charge in [0.05, 0.1) is 16.8 Å². The molecule has 17 heavy (non-hydrogen) atoms. The van der Waals surface area contributed by atoms with Gasteiger partial charge < -0.3 is 5.11 Å². The standard InChI is InChI=1S/C12H12ClFN2O/c1-7-10(13)6-16(15-7)12-9(8(2)17)4-3-5-11(12)14/h3-6,8,17H,1-2H3. The lowest BCUT2D eigenvalue weighted by molar-refractivity contribution is 0.198. The Morgan fingerprint density at radius 1 is 1.47 bits per heavy atom. The highest BCUT2D eigenvalue weighted by Gasteiger charge is 2.16. The second kappa shape index (κ2) is 4.47. The summed E-state index contributed by atoms with van der Waals surface area (Å²) in [6, 6.07) is 4.54. The van der Waals surface area contributed by atoms with E-state index in [1.807, 2.05) is 0 Å². The van der Waals surface area contributed by atoms with Gasteiger partial charge in [-0.05, 0) is 19.9 Å². The minimum atomic E-state index is -0.774. The van der Waals surface area contributed by atoms with Crippen molar-refractivity contribution in [3.8, 4) is 5.69 Å². The van der Waals surface area contributed by atoms with Crippen molar-refractivity contribution >= 4 is 11.6 Å². The van der Waals surface area contributed by atoms with Crippen LogP contribution >= 0.6 is 11.6 Å². The summed E-state index contributed by atoms with van der Waals surface area (Å²) in [5.74, 6) is -0.442. The van der Waals surface area contributed by atoms with Gasteiger partial charge in [-0.1, -0.05) is 23.7 Å². The van der Waals surface area contributed by atoms with Crippen molar-refractivity contribution in [3.05, 3.63) is 46.5 Å². The van der Waals surface area contributed by atoms with Crippen LogP contribution in [-0.2, 0) is 0 Å². The molecule has 1 N–H and O–H groups in total. The van der Waals surface area contributed by atoms with Crippen molar-refractivity contribution in [3.63, 3.8) is 0 Å². The first-order valence-electron chi connectivity index (χ1n) is 5.19. The van der Waals surface area contributed by atoms with Crippen LogP contribution in [0.3, 0.4) is 0 Å². The van der Waals surface area contributed by atoms with Gasteiger partial charge in [0.2, 0.25) is 0 Å². The molecule has 0 aliphatic carbocycles. The Bertz CT molecular complexity index is 532. The maximum absolute atomic E-state index is 13.8. The Kier molecular flexibility index (Phi) is 3.17. The number of benzene rings is 1. The normalized spacial score (nSPS) is 12.8. The van der Waals surface area contributed by atoms with Gasteiger partial charge in [0.15, 0.2) is 0 Å². The minimum Gasteiger partial charge on any atom is -0.389 e.